The van der Waals surface area contributed by atoms with Crippen LogP contribution in [-0.2, 0) is 24.1 Å². The molecule has 1 aromatic carbocycles. The fraction of sp³-hybridized carbons (Fsp3) is 0.455. The quantitative estimate of drug-likeness (QED) is 0.215. The van der Waals surface area contributed by atoms with Gasteiger partial charge in [-0.05, 0) is 77.1 Å². The number of aromatic nitrogens is 3. The predicted octanol–water partition coefficient (Wildman–Crippen LogP) is 6.82. The number of hydrogen-bond donors (Lipinski definition) is 1. The molecule has 2 aliphatic rings. The predicted molar refractivity (Wildman–Crippen MR) is 173 cm³/mol. The zero-order valence-electron chi connectivity index (χ0n) is 26.1. The fourth-order valence-electron chi connectivity index (χ4n) is 6.81. The minimum Gasteiger partial charge on any atom is -0.491 e. The van der Waals surface area contributed by atoms with Crippen LogP contribution in [0.2, 0.25) is 5.02 Å². The number of nitrogens with zero attached hydrogens (tertiary/aromatic N) is 4. The molecule has 1 fully saturated rings. The summed E-state index contributed by atoms with van der Waals surface area (Å²) in [5.74, 6) is 0.0464. The number of fused-ring (bicyclic) bond motifs is 2. The Balaban J connectivity index is 1.20. The van der Waals surface area contributed by atoms with Crippen LogP contribution in [0.3, 0.4) is 0 Å². The van der Waals surface area contributed by atoms with Gasteiger partial charge in [0.1, 0.15) is 18.2 Å². The Hall–Kier alpha value is -3.52. The van der Waals surface area contributed by atoms with Crippen LogP contribution in [0.25, 0.3) is 21.3 Å². The number of alkyl halides is 3. The second-order valence-corrected chi connectivity index (χ2v) is 13.7. The van der Waals surface area contributed by atoms with Gasteiger partial charge in [-0.15, -0.1) is 24.5 Å². The molecule has 250 valence electrons. The zero-order chi connectivity index (χ0) is 33.7. The Bertz CT molecular complexity index is 1900. The van der Waals surface area contributed by atoms with E-state index in [1.807, 2.05) is 6.07 Å². The molecule has 47 heavy (non-hydrogen) atoms. The third kappa shape index (κ3) is 6.89. The van der Waals surface area contributed by atoms with Gasteiger partial charge in [0.25, 0.3) is 5.56 Å². The van der Waals surface area contributed by atoms with Crippen molar-refractivity contribution < 1.29 is 32.5 Å². The molecule has 6 rings (SSSR count). The smallest absolute Gasteiger partial charge is 0.491 e. The number of carboxylic acids is 1. The first kappa shape index (κ1) is 33.4. The number of piperidine rings is 1. The lowest BCUT2D eigenvalue weighted by Gasteiger charge is -2.47. The molecular formula is C33H34ClF3N4O5S. The van der Waals surface area contributed by atoms with Crippen LogP contribution in [-0.4, -0.2) is 68.2 Å². The highest BCUT2D eigenvalue weighted by Crippen LogP contribution is 2.40. The summed E-state index contributed by atoms with van der Waals surface area (Å²) in [5, 5.41) is 11.7. The summed E-state index contributed by atoms with van der Waals surface area (Å²) >= 11 is 7.68. The third-order valence-electron chi connectivity index (χ3n) is 9.19. The Morgan fingerprint density at radius 1 is 1.17 bits per heavy atom. The van der Waals surface area contributed by atoms with Gasteiger partial charge >= 0.3 is 12.3 Å². The lowest BCUT2D eigenvalue weighted by Crippen LogP contribution is -2.55. The largest absolute Gasteiger partial charge is 0.522 e. The van der Waals surface area contributed by atoms with Crippen LogP contribution in [0.15, 0.2) is 34.4 Å². The van der Waals surface area contributed by atoms with Crippen LogP contribution in [0.1, 0.15) is 59.3 Å². The molecule has 1 N–H and O–H groups in total. The molecule has 3 aromatic heterocycles. The summed E-state index contributed by atoms with van der Waals surface area (Å²) in [7, 11) is 0. The van der Waals surface area contributed by atoms with Crippen LogP contribution in [0.4, 0.5) is 13.2 Å². The number of aryl methyl sites for hydroxylation is 3. The number of pyridine rings is 1. The highest BCUT2D eigenvalue weighted by atomic mass is 35.5. The summed E-state index contributed by atoms with van der Waals surface area (Å²) in [5.41, 5.74) is 3.49. The summed E-state index contributed by atoms with van der Waals surface area (Å²) in [6, 6.07) is 7.09. The van der Waals surface area contributed by atoms with Gasteiger partial charge in [0.2, 0.25) is 0 Å². The van der Waals surface area contributed by atoms with E-state index in [-0.39, 0.29) is 42.7 Å². The van der Waals surface area contributed by atoms with E-state index in [1.165, 1.54) is 11.3 Å². The number of likely N-dealkylation sites (tertiary alicyclic amines) is 1. The summed E-state index contributed by atoms with van der Waals surface area (Å²) < 4.78 is 51.0. The minimum atomic E-state index is -4.64. The Morgan fingerprint density at radius 2 is 1.91 bits per heavy atom. The number of ether oxygens (including phenoxy) is 2. The molecule has 4 aromatic rings. The van der Waals surface area contributed by atoms with Gasteiger partial charge in [-0.3, -0.25) is 24.0 Å². The van der Waals surface area contributed by atoms with Crippen LogP contribution in [0.5, 0.6) is 5.75 Å². The first-order valence-corrected chi connectivity index (χ1v) is 16.6. The summed E-state index contributed by atoms with van der Waals surface area (Å²) in [4.78, 5) is 37.1. The van der Waals surface area contributed by atoms with Gasteiger partial charge in [-0.25, -0.2) is 9.78 Å². The molecule has 1 atom stereocenters. The zero-order valence-corrected chi connectivity index (χ0v) is 27.7. The first-order valence-electron chi connectivity index (χ1n) is 15.4. The SMILES string of the molecule is Cc1cc(-c2cc(Cl)ccc2OCCn2c(C)nc3c(c2=O)C[C@@](C)(N2CCC(OC(F)(F)F)CC2)CC3)c2scc(C(=O)O)c2n1. The number of carbonyl (C=O) groups is 1. The average Bonchev–Trinajstić information content (AvgIpc) is 3.43. The van der Waals surface area contributed by atoms with Crippen molar-refractivity contribution in [1.82, 2.24) is 19.4 Å². The normalized spacial score (nSPS) is 19.2. The fourth-order valence-corrected chi connectivity index (χ4v) is 7.99. The van der Waals surface area contributed by atoms with Crippen molar-refractivity contribution in [1.29, 1.82) is 0 Å². The van der Waals surface area contributed by atoms with Gasteiger partial charge in [-0.2, -0.15) is 0 Å². The number of rotatable bonds is 8. The van der Waals surface area contributed by atoms with Gasteiger partial charge in [0, 0.05) is 51.4 Å². The molecular weight excluding hydrogens is 657 g/mol. The van der Waals surface area contributed by atoms with Crippen molar-refractivity contribution in [2.45, 2.75) is 77.4 Å². The second-order valence-electron chi connectivity index (χ2n) is 12.4. The highest BCUT2D eigenvalue weighted by molar-refractivity contribution is 7.18. The Labute approximate surface area is 277 Å². The summed E-state index contributed by atoms with van der Waals surface area (Å²) in [6.45, 7) is 6.97. The number of thiophene rings is 1. The van der Waals surface area contributed by atoms with Gasteiger partial charge < -0.3 is 9.84 Å². The maximum absolute atomic E-state index is 13.9. The van der Waals surface area contributed by atoms with Crippen LogP contribution in [0, 0.1) is 13.8 Å². The lowest BCUT2D eigenvalue weighted by molar-refractivity contribution is -0.346. The van der Waals surface area contributed by atoms with Crippen LogP contribution >= 0.6 is 22.9 Å². The summed E-state index contributed by atoms with van der Waals surface area (Å²) in [6.07, 6.45) is -3.12. The van der Waals surface area contributed by atoms with Crippen LogP contribution < -0.4 is 10.3 Å². The van der Waals surface area contributed by atoms with Gasteiger partial charge in [0.15, 0.2) is 0 Å². The standard InChI is InChI=1S/C33H34ClF3N4O5S/c1-18-14-23(29-28(38-18)25(17-47-29)31(43)44)22-15-20(34)4-5-27(22)45-13-12-41-19(2)39-26-6-9-32(3,16-24(26)30(41)42)40-10-7-21(8-11-40)46-33(35,36)37/h4-5,14-15,17,21H,6-13,16H2,1-3H3,(H,43,44)/t32-/m0/s1. The van der Waals surface area contributed by atoms with E-state index in [0.29, 0.717) is 69.6 Å². The molecule has 0 unspecified atom stereocenters. The van der Waals surface area contributed by atoms with E-state index in [2.05, 4.69) is 21.5 Å². The lowest BCUT2D eigenvalue weighted by atomic mass is 9.79. The number of halogens is 4. The van der Waals surface area contributed by atoms with E-state index < -0.39 is 18.4 Å². The van der Waals surface area contributed by atoms with E-state index in [0.717, 1.165) is 17.7 Å². The average molecular weight is 691 g/mol. The maximum Gasteiger partial charge on any atom is 0.522 e. The molecule has 4 heterocycles. The number of carboxylic acid groups (broad SMARTS) is 1. The molecule has 0 saturated carbocycles. The topological polar surface area (TPSA) is 107 Å². The molecule has 0 radical (unpaired) electrons. The second kappa shape index (κ2) is 12.8. The van der Waals surface area contributed by atoms with E-state index in [4.69, 9.17) is 21.3 Å². The van der Waals surface area contributed by atoms with Crippen molar-refractivity contribution >= 4 is 39.1 Å². The van der Waals surface area contributed by atoms with E-state index in [9.17, 15) is 27.9 Å². The molecule has 1 aliphatic carbocycles. The van der Waals surface area contributed by atoms with Crippen molar-refractivity contribution in [2.75, 3.05) is 19.7 Å². The maximum atomic E-state index is 13.9. The molecule has 0 bridgehead atoms. The number of hydrogen-bond acceptors (Lipinski definition) is 8. The van der Waals surface area contributed by atoms with Crippen molar-refractivity contribution in [3.63, 3.8) is 0 Å². The van der Waals surface area contributed by atoms with E-state index >= 15 is 0 Å². The molecule has 1 saturated heterocycles. The van der Waals surface area contributed by atoms with Crippen molar-refractivity contribution in [3.8, 4) is 16.9 Å². The molecule has 14 heteroatoms. The van der Waals surface area contributed by atoms with E-state index in [1.54, 1.807) is 42.0 Å². The molecule has 9 nitrogen and oxygen atoms in total. The third-order valence-corrected chi connectivity index (χ3v) is 10.4. The highest BCUT2D eigenvalue weighted by Gasteiger charge is 2.41. The van der Waals surface area contributed by atoms with Gasteiger partial charge in [-0.1, -0.05) is 11.6 Å². The minimum absolute atomic E-state index is 0.130. The van der Waals surface area contributed by atoms with Crippen molar-refractivity contribution in [3.05, 3.63) is 73.4 Å². The number of aromatic carboxylic acids is 1. The Kier molecular flexibility index (Phi) is 9.11. The molecule has 1 aliphatic heterocycles. The molecule has 0 spiro atoms. The Morgan fingerprint density at radius 3 is 2.62 bits per heavy atom. The first-order chi connectivity index (χ1) is 22.2. The van der Waals surface area contributed by atoms with Gasteiger partial charge in [0.05, 0.1) is 34.1 Å². The monoisotopic (exact) mass is 690 g/mol. The number of benzene rings is 1. The molecule has 0 amide bonds. The van der Waals surface area contributed by atoms with Crippen molar-refractivity contribution in [2.24, 2.45) is 0 Å².